The van der Waals surface area contributed by atoms with Gasteiger partial charge in [0.05, 0.1) is 17.4 Å². The minimum Gasteiger partial charge on any atom is -0.330 e. The maximum atomic E-state index is 5.55. The van der Waals surface area contributed by atoms with Gasteiger partial charge in [-0.25, -0.2) is 4.68 Å². The molecule has 0 spiro atoms. The van der Waals surface area contributed by atoms with E-state index in [1.165, 1.54) is 5.69 Å². The lowest BCUT2D eigenvalue weighted by Crippen LogP contribution is -2.16. The number of nitrogens with two attached hydrogens (primary N) is 1. The molecule has 15 heavy (non-hydrogen) atoms. The molecular weight excluding hydrogens is 188 g/mol. The van der Waals surface area contributed by atoms with Gasteiger partial charge in [0.25, 0.3) is 0 Å². The Morgan fingerprint density at radius 2 is 2.00 bits per heavy atom. The van der Waals surface area contributed by atoms with Crippen molar-refractivity contribution in [2.24, 2.45) is 11.7 Å². The van der Waals surface area contributed by atoms with E-state index in [0.717, 1.165) is 18.5 Å². The number of aromatic nitrogens is 3. The Labute approximate surface area is 91.9 Å². The summed E-state index contributed by atoms with van der Waals surface area (Å²) in [6, 6.07) is 0.402. The minimum atomic E-state index is 0.402. The maximum Gasteiger partial charge on any atom is 0.0871 e. The summed E-state index contributed by atoms with van der Waals surface area (Å²) in [5.74, 6) is 0.572. The molecule has 0 aliphatic carbocycles. The van der Waals surface area contributed by atoms with Gasteiger partial charge in [-0.1, -0.05) is 26.0 Å². The van der Waals surface area contributed by atoms with Crippen LogP contribution in [0.15, 0.2) is 0 Å². The first-order valence-electron chi connectivity index (χ1n) is 5.74. The summed E-state index contributed by atoms with van der Waals surface area (Å²) in [6.45, 7) is 9.37. The lowest BCUT2D eigenvalue weighted by atomic mass is 10.1. The van der Waals surface area contributed by atoms with E-state index in [0.29, 0.717) is 18.5 Å². The molecule has 0 fully saturated rings. The number of nitrogens with zero attached hydrogens (tertiary/aromatic N) is 3. The normalized spacial score (nSPS) is 13.5. The molecular formula is C11H22N4. The van der Waals surface area contributed by atoms with Crippen LogP contribution in [0.4, 0.5) is 0 Å². The highest BCUT2D eigenvalue weighted by atomic mass is 15.4. The summed E-state index contributed by atoms with van der Waals surface area (Å²) in [7, 11) is 0. The maximum absolute atomic E-state index is 5.55. The Balaban J connectivity index is 2.98. The van der Waals surface area contributed by atoms with Crippen molar-refractivity contribution >= 4 is 0 Å². The Morgan fingerprint density at radius 1 is 1.33 bits per heavy atom. The summed E-state index contributed by atoms with van der Waals surface area (Å²) < 4.78 is 2.05. The third-order valence-corrected chi connectivity index (χ3v) is 2.94. The molecule has 2 N–H and O–H groups in total. The fraction of sp³-hybridized carbons (Fsp3) is 0.818. The predicted octanol–water partition coefficient (Wildman–Crippen LogP) is 1.56. The van der Waals surface area contributed by atoms with Crippen molar-refractivity contribution < 1.29 is 0 Å². The van der Waals surface area contributed by atoms with Crippen LogP contribution in [0.5, 0.6) is 0 Å². The average molecular weight is 210 g/mol. The van der Waals surface area contributed by atoms with E-state index in [2.05, 4.69) is 42.7 Å². The molecule has 0 amide bonds. The lowest BCUT2D eigenvalue weighted by molar-refractivity contribution is 0.359. The molecule has 0 aliphatic heterocycles. The molecule has 0 aromatic carbocycles. The smallest absolute Gasteiger partial charge is 0.0871 e. The van der Waals surface area contributed by atoms with Crippen molar-refractivity contribution in [3.05, 3.63) is 11.4 Å². The quantitative estimate of drug-likeness (QED) is 0.802. The Kier molecular flexibility index (Phi) is 4.27. The molecule has 4 nitrogen and oxygen atoms in total. The highest BCUT2D eigenvalue weighted by Crippen LogP contribution is 2.19. The molecule has 0 bridgehead atoms. The number of hydrogen-bond donors (Lipinski definition) is 1. The number of hydrogen-bond acceptors (Lipinski definition) is 3. The summed E-state index contributed by atoms with van der Waals surface area (Å²) in [5, 5.41) is 8.45. The first-order chi connectivity index (χ1) is 7.11. The second kappa shape index (κ2) is 5.26. The summed E-state index contributed by atoms with van der Waals surface area (Å²) in [4.78, 5) is 0. The largest absolute Gasteiger partial charge is 0.330 e. The van der Waals surface area contributed by atoms with Gasteiger partial charge in [0.1, 0.15) is 0 Å². The van der Waals surface area contributed by atoms with Crippen molar-refractivity contribution in [1.29, 1.82) is 0 Å². The standard InChI is InChI=1S/C11H22N4/c1-5-11-10(6-7-12)13-14-15(11)9(4)8(2)3/h8-9H,5-7,12H2,1-4H3. The fourth-order valence-electron chi connectivity index (χ4n) is 1.65. The van der Waals surface area contributed by atoms with E-state index in [1.807, 2.05) is 0 Å². The molecule has 1 aromatic rings. The molecule has 0 saturated heterocycles. The topological polar surface area (TPSA) is 56.7 Å². The third kappa shape index (κ3) is 2.56. The van der Waals surface area contributed by atoms with E-state index in [-0.39, 0.29) is 0 Å². The Hall–Kier alpha value is -0.900. The molecule has 86 valence electrons. The van der Waals surface area contributed by atoms with Crippen molar-refractivity contribution in [3.63, 3.8) is 0 Å². The monoisotopic (exact) mass is 210 g/mol. The third-order valence-electron chi connectivity index (χ3n) is 2.94. The SMILES string of the molecule is CCc1c(CCN)nnn1C(C)C(C)C. The Bertz CT molecular complexity index is 304. The van der Waals surface area contributed by atoms with Gasteiger partial charge in [-0.15, -0.1) is 5.10 Å². The van der Waals surface area contributed by atoms with Gasteiger partial charge in [-0.05, 0) is 25.8 Å². The van der Waals surface area contributed by atoms with E-state index >= 15 is 0 Å². The average Bonchev–Trinajstić information content (AvgIpc) is 2.60. The summed E-state index contributed by atoms with van der Waals surface area (Å²) in [6.07, 6.45) is 1.80. The summed E-state index contributed by atoms with van der Waals surface area (Å²) >= 11 is 0. The molecule has 1 aromatic heterocycles. The van der Waals surface area contributed by atoms with Gasteiger partial charge < -0.3 is 5.73 Å². The molecule has 0 aliphatic rings. The zero-order chi connectivity index (χ0) is 11.4. The van der Waals surface area contributed by atoms with Gasteiger partial charge in [-0.2, -0.15) is 0 Å². The van der Waals surface area contributed by atoms with Crippen molar-refractivity contribution in [3.8, 4) is 0 Å². The fourth-order valence-corrected chi connectivity index (χ4v) is 1.65. The van der Waals surface area contributed by atoms with Crippen LogP contribution in [0, 0.1) is 5.92 Å². The number of rotatable bonds is 5. The van der Waals surface area contributed by atoms with E-state index in [4.69, 9.17) is 5.73 Å². The lowest BCUT2D eigenvalue weighted by Gasteiger charge is -2.17. The van der Waals surface area contributed by atoms with E-state index in [1.54, 1.807) is 0 Å². The van der Waals surface area contributed by atoms with Gasteiger partial charge in [0.15, 0.2) is 0 Å². The molecule has 0 saturated carbocycles. The Morgan fingerprint density at radius 3 is 2.47 bits per heavy atom. The molecule has 0 radical (unpaired) electrons. The van der Waals surface area contributed by atoms with Crippen LogP contribution in [0.25, 0.3) is 0 Å². The van der Waals surface area contributed by atoms with E-state index in [9.17, 15) is 0 Å². The first kappa shape index (κ1) is 12.2. The predicted molar refractivity (Wildman–Crippen MR) is 61.7 cm³/mol. The first-order valence-corrected chi connectivity index (χ1v) is 5.74. The second-order valence-corrected chi connectivity index (χ2v) is 4.30. The molecule has 4 heteroatoms. The second-order valence-electron chi connectivity index (χ2n) is 4.30. The van der Waals surface area contributed by atoms with Crippen LogP contribution in [0.1, 0.15) is 45.1 Å². The molecule has 1 unspecified atom stereocenters. The van der Waals surface area contributed by atoms with E-state index < -0.39 is 0 Å². The van der Waals surface area contributed by atoms with Crippen LogP contribution < -0.4 is 5.73 Å². The summed E-state index contributed by atoms with van der Waals surface area (Å²) in [5.41, 5.74) is 7.85. The van der Waals surface area contributed by atoms with Crippen LogP contribution in [-0.4, -0.2) is 21.5 Å². The minimum absolute atomic E-state index is 0.402. The molecule has 1 rings (SSSR count). The van der Waals surface area contributed by atoms with Crippen LogP contribution in [-0.2, 0) is 12.8 Å². The van der Waals surface area contributed by atoms with Crippen molar-refractivity contribution in [2.75, 3.05) is 6.54 Å². The van der Waals surface area contributed by atoms with Crippen molar-refractivity contribution in [2.45, 2.75) is 46.6 Å². The highest BCUT2D eigenvalue weighted by Gasteiger charge is 2.17. The van der Waals surface area contributed by atoms with Crippen LogP contribution in [0.2, 0.25) is 0 Å². The van der Waals surface area contributed by atoms with Gasteiger partial charge >= 0.3 is 0 Å². The molecule has 1 atom stereocenters. The molecule has 1 heterocycles. The zero-order valence-electron chi connectivity index (χ0n) is 10.2. The highest BCUT2D eigenvalue weighted by molar-refractivity contribution is 5.11. The van der Waals surface area contributed by atoms with Gasteiger partial charge in [0, 0.05) is 6.42 Å². The zero-order valence-corrected chi connectivity index (χ0v) is 10.2. The van der Waals surface area contributed by atoms with Crippen molar-refractivity contribution in [1.82, 2.24) is 15.0 Å². The van der Waals surface area contributed by atoms with Crippen LogP contribution >= 0.6 is 0 Å². The van der Waals surface area contributed by atoms with Crippen LogP contribution in [0.3, 0.4) is 0 Å². The van der Waals surface area contributed by atoms with Gasteiger partial charge in [0.2, 0.25) is 0 Å². The van der Waals surface area contributed by atoms with Gasteiger partial charge in [-0.3, -0.25) is 0 Å².